The monoisotopic (exact) mass is 273 g/mol. The van der Waals surface area contributed by atoms with Crippen molar-refractivity contribution in [3.8, 4) is 0 Å². The van der Waals surface area contributed by atoms with Crippen molar-refractivity contribution in [1.29, 1.82) is 0 Å². The number of carbonyl (C=O) groups excluding carboxylic acids is 2. The molecule has 0 radical (unpaired) electrons. The molecule has 1 aromatic carbocycles. The highest BCUT2D eigenvalue weighted by Crippen LogP contribution is 2.17. The van der Waals surface area contributed by atoms with Gasteiger partial charge in [0.25, 0.3) is 0 Å². The first-order valence-corrected chi connectivity index (χ1v) is 7.10. The Morgan fingerprint density at radius 1 is 1.20 bits per heavy atom. The summed E-state index contributed by atoms with van der Waals surface area (Å²) in [5, 5.41) is 6.10. The molecule has 0 aliphatic carbocycles. The first kappa shape index (κ1) is 13.1. The molecule has 106 valence electrons. The Morgan fingerprint density at radius 2 is 2.00 bits per heavy atom. The number of benzene rings is 1. The predicted molar refractivity (Wildman–Crippen MR) is 75.0 cm³/mol. The number of hydrogen-bond acceptors (Lipinski definition) is 3. The van der Waals surface area contributed by atoms with Crippen LogP contribution >= 0.6 is 0 Å². The maximum atomic E-state index is 12.5. The molecule has 1 unspecified atom stereocenters. The zero-order valence-electron chi connectivity index (χ0n) is 11.4. The summed E-state index contributed by atoms with van der Waals surface area (Å²) in [4.78, 5) is 25.7. The summed E-state index contributed by atoms with van der Waals surface area (Å²) >= 11 is 0. The van der Waals surface area contributed by atoms with Crippen molar-refractivity contribution in [2.24, 2.45) is 0 Å². The van der Waals surface area contributed by atoms with E-state index in [4.69, 9.17) is 0 Å². The fourth-order valence-corrected chi connectivity index (χ4v) is 2.84. The lowest BCUT2D eigenvalue weighted by Gasteiger charge is -2.30. The van der Waals surface area contributed by atoms with E-state index in [1.165, 1.54) is 11.1 Å². The lowest BCUT2D eigenvalue weighted by molar-refractivity contribution is -0.133. The molecule has 0 saturated carbocycles. The zero-order chi connectivity index (χ0) is 13.9. The summed E-state index contributed by atoms with van der Waals surface area (Å²) in [5.41, 5.74) is 2.51. The van der Waals surface area contributed by atoms with Crippen LogP contribution in [0, 0.1) is 0 Å². The van der Waals surface area contributed by atoms with Crippen molar-refractivity contribution in [3.05, 3.63) is 35.4 Å². The van der Waals surface area contributed by atoms with E-state index >= 15 is 0 Å². The Labute approximate surface area is 118 Å². The van der Waals surface area contributed by atoms with Gasteiger partial charge in [-0.3, -0.25) is 9.59 Å². The Kier molecular flexibility index (Phi) is 3.69. The van der Waals surface area contributed by atoms with Crippen LogP contribution in [0.15, 0.2) is 24.3 Å². The number of nitrogens with zero attached hydrogens (tertiary/aromatic N) is 1. The Bertz CT molecular complexity index is 530. The van der Waals surface area contributed by atoms with Crippen LogP contribution in [0.3, 0.4) is 0 Å². The average molecular weight is 273 g/mol. The summed E-state index contributed by atoms with van der Waals surface area (Å²) in [6.07, 6.45) is 1.13. The molecule has 20 heavy (non-hydrogen) atoms. The predicted octanol–water partition coefficient (Wildman–Crippen LogP) is 0.0494. The van der Waals surface area contributed by atoms with Gasteiger partial charge in [0.2, 0.25) is 11.8 Å². The van der Waals surface area contributed by atoms with Crippen molar-refractivity contribution >= 4 is 11.8 Å². The van der Waals surface area contributed by atoms with Crippen molar-refractivity contribution in [1.82, 2.24) is 15.5 Å². The van der Waals surface area contributed by atoms with Crippen molar-refractivity contribution < 1.29 is 9.59 Å². The van der Waals surface area contributed by atoms with Crippen LogP contribution in [0.4, 0.5) is 0 Å². The number of amides is 2. The number of fused-ring (bicyclic) bond motifs is 1. The topological polar surface area (TPSA) is 61.4 Å². The molecule has 5 heteroatoms. The van der Waals surface area contributed by atoms with Crippen LogP contribution in [0.25, 0.3) is 0 Å². The Hall–Kier alpha value is -1.88. The molecule has 2 aliphatic rings. The molecule has 2 N–H and O–H groups in total. The minimum atomic E-state index is -0.168. The van der Waals surface area contributed by atoms with E-state index in [1.807, 2.05) is 12.1 Å². The van der Waals surface area contributed by atoms with Gasteiger partial charge in [0.1, 0.15) is 0 Å². The number of nitrogens with one attached hydrogen (secondary N) is 2. The smallest absolute Gasteiger partial charge is 0.240 e. The van der Waals surface area contributed by atoms with Gasteiger partial charge >= 0.3 is 0 Å². The fraction of sp³-hybridized carbons (Fsp3) is 0.467. The number of hydrogen-bond donors (Lipinski definition) is 2. The van der Waals surface area contributed by atoms with Gasteiger partial charge in [-0.2, -0.15) is 0 Å². The van der Waals surface area contributed by atoms with Gasteiger partial charge in [-0.1, -0.05) is 24.3 Å². The third-order valence-corrected chi connectivity index (χ3v) is 4.00. The van der Waals surface area contributed by atoms with E-state index in [0.29, 0.717) is 26.1 Å². The van der Waals surface area contributed by atoms with Gasteiger partial charge in [0.05, 0.1) is 6.04 Å². The highest BCUT2D eigenvalue weighted by Gasteiger charge is 2.28. The fourth-order valence-electron chi connectivity index (χ4n) is 2.84. The second kappa shape index (κ2) is 5.63. The molecule has 2 heterocycles. The van der Waals surface area contributed by atoms with E-state index in [-0.39, 0.29) is 17.9 Å². The maximum Gasteiger partial charge on any atom is 0.240 e. The van der Waals surface area contributed by atoms with Crippen molar-refractivity contribution in [3.63, 3.8) is 0 Å². The quantitative estimate of drug-likeness (QED) is 0.760. The molecule has 0 spiro atoms. The van der Waals surface area contributed by atoms with E-state index in [1.54, 1.807) is 4.90 Å². The standard InChI is InChI=1S/C15H19N3O2/c19-14-5-7-18(8-6-16-14)15(20)13-9-11-3-1-2-4-12(11)10-17-13/h1-4,13,17H,5-10H2,(H,16,19). The van der Waals surface area contributed by atoms with Gasteiger partial charge in [-0.05, 0) is 17.5 Å². The Balaban J connectivity index is 1.68. The molecular formula is C15H19N3O2. The molecule has 1 saturated heterocycles. The van der Waals surface area contributed by atoms with E-state index in [2.05, 4.69) is 22.8 Å². The van der Waals surface area contributed by atoms with Crippen LogP contribution in [-0.2, 0) is 22.6 Å². The van der Waals surface area contributed by atoms with Gasteiger partial charge in [0.15, 0.2) is 0 Å². The van der Waals surface area contributed by atoms with E-state index in [0.717, 1.165) is 13.0 Å². The summed E-state index contributed by atoms with van der Waals surface area (Å²) in [6, 6.07) is 8.05. The molecule has 1 fully saturated rings. The molecule has 2 aliphatic heterocycles. The molecule has 3 rings (SSSR count). The molecule has 0 bridgehead atoms. The molecule has 5 nitrogen and oxygen atoms in total. The van der Waals surface area contributed by atoms with Crippen molar-refractivity contribution in [2.75, 3.05) is 19.6 Å². The molecule has 0 aromatic heterocycles. The van der Waals surface area contributed by atoms with Gasteiger partial charge in [-0.25, -0.2) is 0 Å². The van der Waals surface area contributed by atoms with Crippen LogP contribution in [0.5, 0.6) is 0 Å². The zero-order valence-corrected chi connectivity index (χ0v) is 11.4. The first-order valence-electron chi connectivity index (χ1n) is 7.10. The van der Waals surface area contributed by atoms with Crippen LogP contribution in [0.2, 0.25) is 0 Å². The minimum absolute atomic E-state index is 0.0299. The lowest BCUT2D eigenvalue weighted by atomic mass is 9.95. The van der Waals surface area contributed by atoms with Gasteiger partial charge in [0, 0.05) is 32.6 Å². The summed E-state index contributed by atoms with van der Waals surface area (Å²) in [5.74, 6) is 0.137. The van der Waals surface area contributed by atoms with Gasteiger partial charge < -0.3 is 15.5 Å². The van der Waals surface area contributed by atoms with Crippen molar-refractivity contribution in [2.45, 2.75) is 25.4 Å². The highest BCUT2D eigenvalue weighted by molar-refractivity contribution is 5.84. The second-order valence-electron chi connectivity index (χ2n) is 5.33. The molecular weight excluding hydrogens is 254 g/mol. The van der Waals surface area contributed by atoms with E-state index < -0.39 is 0 Å². The molecule has 1 atom stereocenters. The van der Waals surface area contributed by atoms with Crippen LogP contribution in [0.1, 0.15) is 17.5 Å². The summed E-state index contributed by atoms with van der Waals surface area (Å²) in [7, 11) is 0. The number of carbonyl (C=O) groups is 2. The first-order chi connectivity index (χ1) is 9.74. The third-order valence-electron chi connectivity index (χ3n) is 4.00. The van der Waals surface area contributed by atoms with Crippen LogP contribution in [-0.4, -0.2) is 42.4 Å². The summed E-state index contributed by atoms with van der Waals surface area (Å²) in [6.45, 7) is 2.40. The average Bonchev–Trinajstić information content (AvgIpc) is 2.71. The van der Waals surface area contributed by atoms with E-state index in [9.17, 15) is 9.59 Å². The largest absolute Gasteiger partial charge is 0.354 e. The lowest BCUT2D eigenvalue weighted by Crippen LogP contribution is -2.50. The highest BCUT2D eigenvalue weighted by atomic mass is 16.2. The second-order valence-corrected chi connectivity index (χ2v) is 5.33. The molecule has 1 aromatic rings. The number of rotatable bonds is 1. The third kappa shape index (κ3) is 2.67. The normalized spacial score (nSPS) is 22.7. The Morgan fingerprint density at radius 3 is 2.85 bits per heavy atom. The maximum absolute atomic E-state index is 12.5. The van der Waals surface area contributed by atoms with Crippen LogP contribution < -0.4 is 10.6 Å². The van der Waals surface area contributed by atoms with Gasteiger partial charge in [-0.15, -0.1) is 0 Å². The summed E-state index contributed by atoms with van der Waals surface area (Å²) < 4.78 is 0. The SMILES string of the molecule is O=C1CCN(C(=O)C2Cc3ccccc3CN2)CCN1. The minimum Gasteiger partial charge on any atom is -0.354 e. The molecule has 2 amide bonds.